The standard InChI is InChI=1S/C30H36B2Cl2N2/c33-27-9-5-25(6-10-27)31-17-1-21-35(22-2-18-31)29-13-15-30(16-14-29)36-23-3-19-32(20-4-24-36)26-7-11-28(34)12-8-26/h5-16H,1-4,17-24H2. The van der Waals surface area contributed by atoms with Crippen molar-refractivity contribution in [3.8, 4) is 0 Å². The number of benzene rings is 3. The Labute approximate surface area is 228 Å². The van der Waals surface area contributed by atoms with Gasteiger partial charge in [0, 0.05) is 47.6 Å². The van der Waals surface area contributed by atoms with E-state index in [9.17, 15) is 0 Å². The second kappa shape index (κ2) is 12.5. The third kappa shape index (κ3) is 6.64. The fourth-order valence-electron chi connectivity index (χ4n) is 6.15. The van der Waals surface area contributed by atoms with Gasteiger partial charge >= 0.3 is 0 Å². The van der Waals surface area contributed by atoms with Crippen molar-refractivity contribution in [3.63, 3.8) is 0 Å². The molecule has 0 unspecified atom stereocenters. The number of rotatable bonds is 4. The molecule has 0 N–H and O–H groups in total. The van der Waals surface area contributed by atoms with E-state index in [1.54, 1.807) is 0 Å². The Balaban J connectivity index is 1.13. The lowest BCUT2D eigenvalue weighted by molar-refractivity contribution is 0.717. The topological polar surface area (TPSA) is 6.48 Å². The van der Waals surface area contributed by atoms with Gasteiger partial charge in [-0.2, -0.15) is 0 Å². The summed E-state index contributed by atoms with van der Waals surface area (Å²) >= 11 is 12.2. The van der Waals surface area contributed by atoms with E-state index >= 15 is 0 Å². The lowest BCUT2D eigenvalue weighted by Gasteiger charge is -2.31. The minimum Gasteiger partial charge on any atom is -0.372 e. The molecule has 3 aromatic carbocycles. The van der Waals surface area contributed by atoms with Crippen molar-refractivity contribution in [2.45, 2.75) is 51.0 Å². The summed E-state index contributed by atoms with van der Waals surface area (Å²) in [5, 5.41) is 1.66. The fourth-order valence-corrected chi connectivity index (χ4v) is 6.41. The number of anilines is 2. The van der Waals surface area contributed by atoms with Gasteiger partial charge in [0.05, 0.1) is 0 Å². The first-order valence-electron chi connectivity index (χ1n) is 13.8. The molecule has 2 heterocycles. The molecule has 0 radical (unpaired) electrons. The highest BCUT2D eigenvalue weighted by molar-refractivity contribution is 6.73. The van der Waals surface area contributed by atoms with Crippen LogP contribution in [0.1, 0.15) is 25.7 Å². The van der Waals surface area contributed by atoms with Crippen molar-refractivity contribution in [1.82, 2.24) is 0 Å². The molecule has 0 aromatic heterocycles. The van der Waals surface area contributed by atoms with Crippen molar-refractivity contribution >= 4 is 58.9 Å². The van der Waals surface area contributed by atoms with Gasteiger partial charge in [0.25, 0.3) is 0 Å². The molecule has 0 atom stereocenters. The Hall–Kier alpha value is -2.03. The third-order valence-electron chi connectivity index (χ3n) is 8.19. The van der Waals surface area contributed by atoms with Gasteiger partial charge < -0.3 is 9.80 Å². The van der Waals surface area contributed by atoms with E-state index < -0.39 is 0 Å². The molecule has 36 heavy (non-hydrogen) atoms. The Morgan fingerprint density at radius 3 is 1.06 bits per heavy atom. The molecule has 5 rings (SSSR count). The van der Waals surface area contributed by atoms with Gasteiger partial charge in [-0.1, -0.05) is 83.7 Å². The van der Waals surface area contributed by atoms with Gasteiger partial charge in [-0.25, -0.2) is 0 Å². The molecular weight excluding hydrogens is 481 g/mol. The molecule has 0 spiro atoms. The normalized spacial score (nSPS) is 17.8. The van der Waals surface area contributed by atoms with E-state index in [-0.39, 0.29) is 0 Å². The van der Waals surface area contributed by atoms with Crippen molar-refractivity contribution in [2.24, 2.45) is 0 Å². The van der Waals surface area contributed by atoms with Crippen LogP contribution in [0.15, 0.2) is 72.8 Å². The molecule has 2 aliphatic rings. The molecule has 6 heteroatoms. The van der Waals surface area contributed by atoms with Crippen LogP contribution in [0, 0.1) is 0 Å². The Bertz CT molecular complexity index is 981. The SMILES string of the molecule is Clc1ccc(B2CCCN(c3ccc(N4CCCB(c5ccc(Cl)cc5)CCC4)cc3)CCC2)cc1. The zero-order valence-electron chi connectivity index (χ0n) is 21.2. The first-order valence-corrected chi connectivity index (χ1v) is 14.5. The van der Waals surface area contributed by atoms with Gasteiger partial charge in [-0.3, -0.25) is 0 Å². The minimum absolute atomic E-state index is 0.665. The highest BCUT2D eigenvalue weighted by atomic mass is 35.5. The second-order valence-electron chi connectivity index (χ2n) is 10.6. The second-order valence-corrected chi connectivity index (χ2v) is 11.4. The number of hydrogen-bond acceptors (Lipinski definition) is 2. The maximum Gasteiger partial charge on any atom is 0.176 e. The largest absolute Gasteiger partial charge is 0.372 e. The van der Waals surface area contributed by atoms with Gasteiger partial charge in [0.1, 0.15) is 0 Å². The van der Waals surface area contributed by atoms with E-state index in [1.165, 1.54) is 73.3 Å². The highest BCUT2D eigenvalue weighted by Gasteiger charge is 2.22. The van der Waals surface area contributed by atoms with E-state index in [1.807, 2.05) is 24.3 Å². The minimum atomic E-state index is 0.665. The molecule has 186 valence electrons. The molecule has 3 aromatic rings. The molecule has 0 saturated carbocycles. The lowest BCUT2D eigenvalue weighted by atomic mass is 9.39. The quantitative estimate of drug-likeness (QED) is 0.344. The molecular formula is C30H36B2Cl2N2. The Morgan fingerprint density at radius 1 is 0.444 bits per heavy atom. The smallest absolute Gasteiger partial charge is 0.176 e. The zero-order valence-corrected chi connectivity index (χ0v) is 22.7. The molecule has 2 nitrogen and oxygen atoms in total. The molecule has 0 bridgehead atoms. The van der Waals surface area contributed by atoms with Gasteiger partial charge in [-0.15, -0.1) is 0 Å². The van der Waals surface area contributed by atoms with Gasteiger partial charge in [-0.05, 0) is 74.2 Å². The lowest BCUT2D eigenvalue weighted by Crippen LogP contribution is -2.36. The average molecular weight is 517 g/mol. The van der Waals surface area contributed by atoms with Gasteiger partial charge in [0.15, 0.2) is 13.4 Å². The summed E-state index contributed by atoms with van der Waals surface area (Å²) in [5.74, 6) is 0. The summed E-state index contributed by atoms with van der Waals surface area (Å²) in [7, 11) is 0. The molecule has 0 amide bonds. The summed E-state index contributed by atoms with van der Waals surface area (Å²) in [6, 6.07) is 26.4. The molecule has 2 saturated heterocycles. The predicted molar refractivity (Wildman–Crippen MR) is 162 cm³/mol. The maximum absolute atomic E-state index is 6.09. The van der Waals surface area contributed by atoms with Crippen LogP contribution in [0.25, 0.3) is 0 Å². The fraction of sp³-hybridized carbons (Fsp3) is 0.400. The van der Waals surface area contributed by atoms with Crippen molar-refractivity contribution in [3.05, 3.63) is 82.8 Å². The summed E-state index contributed by atoms with van der Waals surface area (Å²) in [6.45, 7) is 5.88. The average Bonchev–Trinajstić information content (AvgIpc) is 2.86. The van der Waals surface area contributed by atoms with E-state index in [0.717, 1.165) is 36.2 Å². The number of halogens is 2. The van der Waals surface area contributed by atoms with Crippen LogP contribution in [-0.4, -0.2) is 39.6 Å². The van der Waals surface area contributed by atoms with E-state index in [0.29, 0.717) is 13.4 Å². The van der Waals surface area contributed by atoms with Crippen LogP contribution in [0.3, 0.4) is 0 Å². The molecule has 0 aliphatic carbocycles. The predicted octanol–water partition coefficient (Wildman–Crippen LogP) is 7.00. The van der Waals surface area contributed by atoms with Crippen LogP contribution >= 0.6 is 23.2 Å². The van der Waals surface area contributed by atoms with E-state index in [2.05, 4.69) is 58.3 Å². The summed E-state index contributed by atoms with van der Waals surface area (Å²) < 4.78 is 0. The van der Waals surface area contributed by atoms with Crippen molar-refractivity contribution < 1.29 is 0 Å². The maximum atomic E-state index is 6.09. The first-order chi connectivity index (χ1) is 17.7. The Kier molecular flexibility index (Phi) is 8.88. The van der Waals surface area contributed by atoms with Crippen LogP contribution in [-0.2, 0) is 0 Å². The number of hydrogen-bond donors (Lipinski definition) is 0. The van der Waals surface area contributed by atoms with Crippen molar-refractivity contribution in [1.29, 1.82) is 0 Å². The third-order valence-corrected chi connectivity index (χ3v) is 8.69. The van der Waals surface area contributed by atoms with Crippen LogP contribution < -0.4 is 20.7 Å². The van der Waals surface area contributed by atoms with E-state index in [4.69, 9.17) is 23.2 Å². The first kappa shape index (κ1) is 25.6. The summed E-state index contributed by atoms with van der Waals surface area (Å²) in [6.07, 6.45) is 9.93. The van der Waals surface area contributed by atoms with Crippen LogP contribution in [0.5, 0.6) is 0 Å². The van der Waals surface area contributed by atoms with Crippen LogP contribution in [0.2, 0.25) is 35.3 Å². The monoisotopic (exact) mass is 516 g/mol. The zero-order chi connectivity index (χ0) is 24.7. The number of nitrogens with zero attached hydrogens (tertiary/aromatic N) is 2. The Morgan fingerprint density at radius 2 is 0.750 bits per heavy atom. The summed E-state index contributed by atoms with van der Waals surface area (Å²) in [5.41, 5.74) is 5.65. The van der Waals surface area contributed by atoms with Crippen LogP contribution in [0.4, 0.5) is 11.4 Å². The summed E-state index contributed by atoms with van der Waals surface area (Å²) in [4.78, 5) is 5.18. The van der Waals surface area contributed by atoms with Gasteiger partial charge in [0.2, 0.25) is 0 Å². The highest BCUT2D eigenvalue weighted by Crippen LogP contribution is 2.26. The molecule has 2 aliphatic heterocycles. The van der Waals surface area contributed by atoms with Crippen molar-refractivity contribution in [2.75, 3.05) is 36.0 Å². The molecule has 2 fully saturated rings.